The van der Waals surface area contributed by atoms with Gasteiger partial charge in [-0.3, -0.25) is 10.8 Å². The Morgan fingerprint density at radius 1 is 1.68 bits per heavy atom. The van der Waals surface area contributed by atoms with Crippen LogP contribution < -0.4 is 11.3 Å². The highest BCUT2D eigenvalue weighted by Gasteiger charge is 2.22. The van der Waals surface area contributed by atoms with E-state index in [0.29, 0.717) is 0 Å². The molecule has 0 amide bonds. The Hall–Kier alpha value is -0.570. The molecule has 1 aromatic rings. The average Bonchev–Trinajstić information content (AvgIpc) is 2.67. The van der Waals surface area contributed by atoms with Crippen LogP contribution in [-0.2, 0) is 7.05 Å². The third-order valence-electron chi connectivity index (χ3n) is 2.85. The van der Waals surface area contributed by atoms with Crippen molar-refractivity contribution in [3.8, 4) is 0 Å². The van der Waals surface area contributed by atoms with Gasteiger partial charge in [-0.15, -0.1) is 11.8 Å². The molecule has 3 N–H and O–H groups in total. The number of halogens is 1. The number of thioether (sulfide) groups is 1. The van der Waals surface area contributed by atoms with Crippen LogP contribution in [0.25, 0.3) is 0 Å². The minimum absolute atomic E-state index is 0.0287. The van der Waals surface area contributed by atoms with Gasteiger partial charge in [0, 0.05) is 21.1 Å². The van der Waals surface area contributed by atoms with Crippen LogP contribution in [0.5, 0.6) is 0 Å². The summed E-state index contributed by atoms with van der Waals surface area (Å²) in [5.41, 5.74) is 3.58. The second-order valence-electron chi connectivity index (χ2n) is 4.03. The first-order valence-electron chi connectivity index (χ1n) is 5.99. The minimum atomic E-state index is -0.0287. The van der Waals surface area contributed by atoms with E-state index in [-0.39, 0.29) is 6.17 Å². The maximum Gasteiger partial charge on any atom is 0.178 e. The summed E-state index contributed by atoms with van der Waals surface area (Å²) in [6, 6.07) is 0. The Labute approximate surface area is 126 Å². The standard InChI is InChI=1S/C11H21BrN6S/c1-6-19-10-8(15-11(12)18(10)5)9(14-3)17(4)7(2)16-13/h7,16H,6,13H2,1-5H3. The van der Waals surface area contributed by atoms with E-state index in [1.54, 1.807) is 18.8 Å². The van der Waals surface area contributed by atoms with Crippen molar-refractivity contribution < 1.29 is 0 Å². The van der Waals surface area contributed by atoms with Gasteiger partial charge in [-0.2, -0.15) is 0 Å². The molecular weight excluding hydrogens is 328 g/mol. The number of amidine groups is 1. The molecule has 8 heteroatoms. The highest BCUT2D eigenvalue weighted by Crippen LogP contribution is 2.27. The van der Waals surface area contributed by atoms with E-state index in [0.717, 1.165) is 27.0 Å². The third-order valence-corrected chi connectivity index (χ3v) is 4.59. The van der Waals surface area contributed by atoms with Crippen molar-refractivity contribution in [1.82, 2.24) is 19.9 Å². The SMILES string of the molecule is CCSc1c(C(=NC)N(C)C(C)NN)nc(Br)n1C. The molecule has 19 heavy (non-hydrogen) atoms. The first-order valence-corrected chi connectivity index (χ1v) is 7.76. The lowest BCUT2D eigenvalue weighted by Gasteiger charge is -2.26. The van der Waals surface area contributed by atoms with Crippen molar-refractivity contribution in [2.24, 2.45) is 17.9 Å². The first kappa shape index (κ1) is 16.5. The zero-order valence-corrected chi connectivity index (χ0v) is 14.3. The van der Waals surface area contributed by atoms with E-state index < -0.39 is 0 Å². The van der Waals surface area contributed by atoms with Crippen molar-refractivity contribution in [2.45, 2.75) is 25.0 Å². The Bertz CT molecular complexity index is 458. The van der Waals surface area contributed by atoms with Gasteiger partial charge in [-0.1, -0.05) is 6.92 Å². The molecule has 0 bridgehead atoms. The van der Waals surface area contributed by atoms with Crippen LogP contribution in [0.4, 0.5) is 0 Å². The summed E-state index contributed by atoms with van der Waals surface area (Å²) >= 11 is 5.20. The van der Waals surface area contributed by atoms with E-state index in [9.17, 15) is 0 Å². The molecule has 1 aromatic heterocycles. The molecule has 1 unspecified atom stereocenters. The van der Waals surface area contributed by atoms with Gasteiger partial charge in [-0.25, -0.2) is 10.4 Å². The number of nitrogens with two attached hydrogens (primary N) is 1. The lowest BCUT2D eigenvalue weighted by atomic mass is 10.3. The van der Waals surface area contributed by atoms with Crippen molar-refractivity contribution in [2.75, 3.05) is 19.8 Å². The number of nitrogens with zero attached hydrogens (tertiary/aromatic N) is 4. The predicted molar refractivity (Wildman–Crippen MR) is 84.3 cm³/mol. The van der Waals surface area contributed by atoms with E-state index in [1.165, 1.54) is 0 Å². The van der Waals surface area contributed by atoms with Crippen LogP contribution in [0.15, 0.2) is 14.8 Å². The second kappa shape index (κ2) is 7.28. The van der Waals surface area contributed by atoms with Gasteiger partial charge >= 0.3 is 0 Å². The summed E-state index contributed by atoms with van der Waals surface area (Å²) in [5.74, 6) is 7.27. The van der Waals surface area contributed by atoms with Crippen LogP contribution in [0.2, 0.25) is 0 Å². The Morgan fingerprint density at radius 3 is 2.79 bits per heavy atom. The predicted octanol–water partition coefficient (Wildman–Crippen LogP) is 1.41. The van der Waals surface area contributed by atoms with E-state index >= 15 is 0 Å². The van der Waals surface area contributed by atoms with Crippen LogP contribution >= 0.6 is 27.7 Å². The third kappa shape index (κ3) is 3.50. The number of aliphatic imine (C=N–C) groups is 1. The fraction of sp³-hybridized carbons (Fsp3) is 0.636. The number of rotatable bonds is 5. The van der Waals surface area contributed by atoms with Crippen molar-refractivity contribution in [3.63, 3.8) is 0 Å². The lowest BCUT2D eigenvalue weighted by Crippen LogP contribution is -2.48. The van der Waals surface area contributed by atoms with Gasteiger partial charge in [0.15, 0.2) is 10.6 Å². The van der Waals surface area contributed by atoms with Gasteiger partial charge < -0.3 is 9.47 Å². The summed E-state index contributed by atoms with van der Waals surface area (Å²) in [6.45, 7) is 4.09. The maximum absolute atomic E-state index is 5.49. The highest BCUT2D eigenvalue weighted by molar-refractivity contribution is 9.10. The molecule has 0 aliphatic rings. The summed E-state index contributed by atoms with van der Waals surface area (Å²) in [6.07, 6.45) is -0.0287. The number of hydrogen-bond acceptors (Lipinski definition) is 5. The molecule has 108 valence electrons. The molecule has 0 spiro atoms. The number of nitrogens with one attached hydrogen (secondary N) is 1. The van der Waals surface area contributed by atoms with Gasteiger partial charge in [0.1, 0.15) is 10.7 Å². The number of hydrogen-bond donors (Lipinski definition) is 2. The molecule has 0 saturated heterocycles. The van der Waals surface area contributed by atoms with Crippen LogP contribution in [0.3, 0.4) is 0 Å². The molecule has 1 heterocycles. The smallest absolute Gasteiger partial charge is 0.178 e. The van der Waals surface area contributed by atoms with Crippen LogP contribution in [0, 0.1) is 0 Å². The first-order chi connectivity index (χ1) is 8.97. The van der Waals surface area contributed by atoms with Crippen molar-refractivity contribution >= 4 is 33.5 Å². The minimum Gasteiger partial charge on any atom is -0.342 e. The van der Waals surface area contributed by atoms with Crippen LogP contribution in [-0.4, -0.2) is 46.3 Å². The van der Waals surface area contributed by atoms with Crippen molar-refractivity contribution in [1.29, 1.82) is 0 Å². The Balaban J connectivity index is 3.23. The molecule has 0 radical (unpaired) electrons. The number of aromatic nitrogens is 2. The number of hydrazine groups is 1. The molecular formula is C11H21BrN6S. The normalized spacial score (nSPS) is 13.7. The summed E-state index contributed by atoms with van der Waals surface area (Å²) < 4.78 is 2.81. The highest BCUT2D eigenvalue weighted by atomic mass is 79.9. The zero-order valence-electron chi connectivity index (χ0n) is 11.9. The molecule has 0 saturated carbocycles. The van der Waals surface area contributed by atoms with Gasteiger partial charge in [0.05, 0.1) is 6.17 Å². The summed E-state index contributed by atoms with van der Waals surface area (Å²) in [7, 11) is 5.68. The Kier molecular flexibility index (Phi) is 6.31. The maximum atomic E-state index is 5.49. The zero-order chi connectivity index (χ0) is 14.6. The average molecular weight is 349 g/mol. The topological polar surface area (TPSA) is 71.5 Å². The number of imidazole rings is 1. The fourth-order valence-electron chi connectivity index (χ4n) is 1.63. The van der Waals surface area contributed by atoms with Gasteiger partial charge in [0.2, 0.25) is 0 Å². The second-order valence-corrected chi connectivity index (χ2v) is 5.99. The summed E-state index contributed by atoms with van der Waals surface area (Å²) in [4.78, 5) is 10.9. The molecule has 6 nitrogen and oxygen atoms in total. The van der Waals surface area contributed by atoms with E-state index in [1.807, 2.05) is 30.5 Å². The van der Waals surface area contributed by atoms with Gasteiger partial charge in [-0.05, 0) is 28.6 Å². The molecule has 0 fully saturated rings. The quantitative estimate of drug-likeness (QED) is 0.210. The summed E-state index contributed by atoms with van der Waals surface area (Å²) in [5, 5.41) is 1.09. The molecule has 0 aromatic carbocycles. The van der Waals surface area contributed by atoms with Crippen molar-refractivity contribution in [3.05, 3.63) is 10.4 Å². The molecule has 0 aliphatic heterocycles. The van der Waals surface area contributed by atoms with Gasteiger partial charge in [0.25, 0.3) is 0 Å². The van der Waals surface area contributed by atoms with Crippen LogP contribution in [0.1, 0.15) is 19.5 Å². The fourth-order valence-corrected chi connectivity index (χ4v) is 2.93. The largest absolute Gasteiger partial charge is 0.342 e. The lowest BCUT2D eigenvalue weighted by molar-refractivity contribution is 0.332. The van der Waals surface area contributed by atoms with E-state index in [4.69, 9.17) is 5.84 Å². The monoisotopic (exact) mass is 348 g/mol. The molecule has 0 aliphatic carbocycles. The van der Waals surface area contributed by atoms with E-state index in [2.05, 4.69) is 38.3 Å². The Morgan fingerprint density at radius 2 is 2.32 bits per heavy atom. The molecule has 1 atom stereocenters. The molecule has 1 rings (SSSR count).